The quantitative estimate of drug-likeness (QED) is 0.874. The average molecular weight is 280 g/mol. The van der Waals surface area contributed by atoms with Gasteiger partial charge in [0.15, 0.2) is 0 Å². The fraction of sp³-hybridized carbons (Fsp3) is 0.538. The molecule has 0 saturated carbocycles. The fourth-order valence-electron chi connectivity index (χ4n) is 1.70. The summed E-state index contributed by atoms with van der Waals surface area (Å²) in [5.74, 6) is 0. The Morgan fingerprint density at radius 1 is 1.37 bits per heavy atom. The predicted octanol–water partition coefficient (Wildman–Crippen LogP) is 2.08. The second-order valence-corrected chi connectivity index (χ2v) is 7.65. The van der Waals surface area contributed by atoms with Crippen LogP contribution in [0.5, 0.6) is 0 Å². The molecule has 2 aromatic rings. The topological polar surface area (TPSA) is 65.8 Å². The largest absolute Gasteiger partial charge is 0.598 e. The minimum atomic E-state index is -1.11. The highest BCUT2D eigenvalue weighted by Gasteiger charge is 2.28. The number of rotatable bonds is 3. The molecule has 1 N–H and O–H groups in total. The number of aromatic nitrogens is 3. The Morgan fingerprint density at radius 3 is 2.68 bits per heavy atom. The lowest BCUT2D eigenvalue weighted by molar-refractivity contribution is 0.529. The van der Waals surface area contributed by atoms with Gasteiger partial charge in [0.2, 0.25) is 0 Å². The molecule has 5 nitrogen and oxygen atoms in total. The Labute approximate surface area is 116 Å². The Kier molecular flexibility index (Phi) is 3.85. The van der Waals surface area contributed by atoms with Crippen LogP contribution in [0.1, 0.15) is 39.4 Å². The summed E-state index contributed by atoms with van der Waals surface area (Å²) in [7, 11) is 1.90. The van der Waals surface area contributed by atoms with Crippen molar-refractivity contribution in [1.29, 1.82) is 0 Å². The van der Waals surface area contributed by atoms with Gasteiger partial charge < -0.3 is 4.55 Å². The molecule has 2 aromatic heterocycles. The van der Waals surface area contributed by atoms with Crippen molar-refractivity contribution in [1.82, 2.24) is 19.5 Å². The first-order valence-electron chi connectivity index (χ1n) is 6.25. The summed E-state index contributed by atoms with van der Waals surface area (Å²) in [5.41, 5.74) is 1.90. The minimum Gasteiger partial charge on any atom is -0.598 e. The highest BCUT2D eigenvalue weighted by molar-refractivity contribution is 7.90. The molecule has 0 saturated heterocycles. The second-order valence-electron chi connectivity index (χ2n) is 5.66. The summed E-state index contributed by atoms with van der Waals surface area (Å²) in [6.07, 6.45) is 3.59. The number of hydrogen-bond acceptors (Lipinski definition) is 4. The molecular weight excluding hydrogens is 260 g/mol. The van der Waals surface area contributed by atoms with Crippen LogP contribution < -0.4 is 4.72 Å². The van der Waals surface area contributed by atoms with Crippen molar-refractivity contribution in [2.45, 2.75) is 38.5 Å². The summed E-state index contributed by atoms with van der Waals surface area (Å²) in [4.78, 5) is 4.40. The molecule has 6 heteroatoms. The first kappa shape index (κ1) is 14.3. The maximum Gasteiger partial charge on any atom is 0.136 e. The lowest BCUT2D eigenvalue weighted by Crippen LogP contribution is -2.40. The van der Waals surface area contributed by atoms with E-state index in [4.69, 9.17) is 0 Å². The summed E-state index contributed by atoms with van der Waals surface area (Å²) >= 11 is -1.11. The zero-order valence-corrected chi connectivity index (χ0v) is 12.8. The molecule has 104 valence electrons. The third-order valence-corrected chi connectivity index (χ3v) is 4.62. The molecule has 2 atom stereocenters. The summed E-state index contributed by atoms with van der Waals surface area (Å²) in [6, 6.07) is 1.92. The molecule has 0 amide bonds. The van der Waals surface area contributed by atoms with Crippen molar-refractivity contribution < 1.29 is 4.55 Å². The van der Waals surface area contributed by atoms with Gasteiger partial charge in [-0.1, -0.05) is 0 Å². The smallest absolute Gasteiger partial charge is 0.136 e. The Hall–Kier alpha value is -1.11. The second kappa shape index (κ2) is 5.11. The number of nitrogens with zero attached hydrogens (tertiary/aromatic N) is 3. The van der Waals surface area contributed by atoms with Crippen LogP contribution in [0.3, 0.4) is 0 Å². The molecule has 2 heterocycles. The van der Waals surface area contributed by atoms with Crippen LogP contribution in [-0.2, 0) is 18.4 Å². The molecule has 2 rings (SSSR count). The monoisotopic (exact) mass is 280 g/mol. The number of pyridine rings is 1. The van der Waals surface area contributed by atoms with Crippen molar-refractivity contribution in [3.8, 4) is 0 Å². The van der Waals surface area contributed by atoms with Crippen LogP contribution in [0.15, 0.2) is 18.5 Å². The van der Waals surface area contributed by atoms with Crippen LogP contribution in [-0.4, -0.2) is 24.1 Å². The maximum absolute atomic E-state index is 12.1. The van der Waals surface area contributed by atoms with E-state index in [1.165, 1.54) is 0 Å². The first-order chi connectivity index (χ1) is 8.79. The van der Waals surface area contributed by atoms with Gasteiger partial charge in [0, 0.05) is 30.0 Å². The minimum absolute atomic E-state index is 0.0700. The number of aryl methyl sites for hydroxylation is 1. The summed E-state index contributed by atoms with van der Waals surface area (Å²) in [5, 5.41) is 5.20. The zero-order valence-electron chi connectivity index (χ0n) is 12.0. The van der Waals surface area contributed by atoms with E-state index in [0.717, 1.165) is 16.6 Å². The van der Waals surface area contributed by atoms with Crippen molar-refractivity contribution in [3.05, 3.63) is 24.2 Å². The lowest BCUT2D eigenvalue weighted by atomic mass is 10.2. The van der Waals surface area contributed by atoms with Crippen LogP contribution in [0.2, 0.25) is 0 Å². The van der Waals surface area contributed by atoms with Crippen molar-refractivity contribution in [2.24, 2.45) is 7.05 Å². The van der Waals surface area contributed by atoms with Crippen LogP contribution in [0.25, 0.3) is 10.9 Å². The Bertz CT molecular complexity index is 576. The molecule has 0 fully saturated rings. The Morgan fingerprint density at radius 2 is 2.05 bits per heavy atom. The van der Waals surface area contributed by atoms with Crippen LogP contribution in [0, 0.1) is 0 Å². The zero-order chi connectivity index (χ0) is 14.2. The SMILES string of the molecule is C[C@@H](N[S@+]([O-])C(C)(C)C)c1cc2c(cn1)cnn2C. The fourth-order valence-corrected chi connectivity index (χ4v) is 2.49. The molecule has 0 unspecified atom stereocenters. The molecule has 0 aliphatic carbocycles. The van der Waals surface area contributed by atoms with Gasteiger partial charge >= 0.3 is 0 Å². The number of fused-ring (bicyclic) bond motifs is 1. The van der Waals surface area contributed by atoms with Gasteiger partial charge in [-0.25, -0.2) is 0 Å². The van der Waals surface area contributed by atoms with E-state index in [1.807, 2.05) is 45.5 Å². The third kappa shape index (κ3) is 3.08. The van der Waals surface area contributed by atoms with E-state index in [0.29, 0.717) is 0 Å². The molecule has 0 aromatic carbocycles. The Balaban J connectivity index is 2.21. The average Bonchev–Trinajstić information content (AvgIpc) is 2.69. The summed E-state index contributed by atoms with van der Waals surface area (Å²) < 4.78 is 16.7. The molecule has 0 aliphatic heterocycles. The lowest BCUT2D eigenvalue weighted by Gasteiger charge is -2.26. The van der Waals surface area contributed by atoms with Gasteiger partial charge in [0.05, 0.1) is 23.4 Å². The standard InChI is InChI=1S/C13H20N4OS/c1-9(16-19(18)13(2,3)4)11-6-12-10(7-14-11)8-15-17(12)5/h6-9,16H,1-5H3/t9-,19-/m1/s1. The van der Waals surface area contributed by atoms with E-state index in [-0.39, 0.29) is 10.8 Å². The number of nitrogens with one attached hydrogen (secondary N) is 1. The molecule has 0 spiro atoms. The van der Waals surface area contributed by atoms with Gasteiger partial charge in [0.25, 0.3) is 0 Å². The first-order valence-corrected chi connectivity index (χ1v) is 7.39. The van der Waals surface area contributed by atoms with Crippen LogP contribution in [0.4, 0.5) is 0 Å². The molecule has 0 radical (unpaired) electrons. The van der Waals surface area contributed by atoms with E-state index < -0.39 is 11.4 Å². The van der Waals surface area contributed by atoms with Gasteiger partial charge in [-0.15, -0.1) is 4.72 Å². The van der Waals surface area contributed by atoms with Crippen molar-refractivity contribution in [2.75, 3.05) is 0 Å². The molecular formula is C13H20N4OS. The van der Waals surface area contributed by atoms with E-state index >= 15 is 0 Å². The number of hydrogen-bond donors (Lipinski definition) is 1. The summed E-state index contributed by atoms with van der Waals surface area (Å²) in [6.45, 7) is 7.80. The van der Waals surface area contributed by atoms with E-state index in [2.05, 4.69) is 14.8 Å². The van der Waals surface area contributed by atoms with Gasteiger partial charge in [-0.05, 0) is 33.8 Å². The van der Waals surface area contributed by atoms with Crippen molar-refractivity contribution >= 4 is 22.3 Å². The molecule has 0 bridgehead atoms. The van der Waals surface area contributed by atoms with E-state index in [1.54, 1.807) is 12.4 Å². The highest BCUT2D eigenvalue weighted by atomic mass is 32.2. The van der Waals surface area contributed by atoms with Gasteiger partial charge in [0.1, 0.15) is 4.75 Å². The molecule has 19 heavy (non-hydrogen) atoms. The van der Waals surface area contributed by atoms with E-state index in [9.17, 15) is 4.55 Å². The van der Waals surface area contributed by atoms with Crippen molar-refractivity contribution in [3.63, 3.8) is 0 Å². The van der Waals surface area contributed by atoms with Crippen LogP contribution >= 0.6 is 0 Å². The molecule has 0 aliphatic rings. The maximum atomic E-state index is 12.1. The normalized spacial score (nSPS) is 15.7. The van der Waals surface area contributed by atoms with Gasteiger partial charge in [-0.2, -0.15) is 5.10 Å². The van der Waals surface area contributed by atoms with Gasteiger partial charge in [-0.3, -0.25) is 9.67 Å². The predicted molar refractivity (Wildman–Crippen MR) is 78.0 cm³/mol. The highest BCUT2D eigenvalue weighted by Crippen LogP contribution is 2.21. The third-order valence-electron chi connectivity index (χ3n) is 2.94.